The van der Waals surface area contributed by atoms with E-state index in [2.05, 4.69) is 57.3 Å². The molecule has 0 spiro atoms. The van der Waals surface area contributed by atoms with Gasteiger partial charge < -0.3 is 5.32 Å². The van der Waals surface area contributed by atoms with Crippen LogP contribution in [0.2, 0.25) is 5.02 Å². The summed E-state index contributed by atoms with van der Waals surface area (Å²) in [6.45, 7) is 9.56. The van der Waals surface area contributed by atoms with E-state index in [0.29, 0.717) is 0 Å². The summed E-state index contributed by atoms with van der Waals surface area (Å²) in [4.78, 5) is 2.45. The van der Waals surface area contributed by atoms with E-state index >= 15 is 0 Å². The fourth-order valence-corrected chi connectivity index (χ4v) is 3.20. The molecule has 0 atom stereocenters. The third-order valence-corrected chi connectivity index (χ3v) is 4.39. The minimum Gasteiger partial charge on any atom is -0.308 e. The molecule has 0 amide bonds. The molecular weight excluding hydrogens is 298 g/mol. The molecule has 0 aliphatic rings. The van der Waals surface area contributed by atoms with E-state index in [0.717, 1.165) is 11.6 Å². The Hall–Kier alpha value is -0.960. The molecule has 0 saturated heterocycles. The van der Waals surface area contributed by atoms with E-state index in [1.807, 2.05) is 18.2 Å². The average Bonchev–Trinajstić information content (AvgIpc) is 2.38. The maximum absolute atomic E-state index is 6.07. The molecule has 2 aromatic carbocycles. The number of halogens is 1. The monoisotopic (exact) mass is 319 g/mol. The highest BCUT2D eigenvalue weighted by Gasteiger charge is 2.11. The highest BCUT2D eigenvalue weighted by atomic mass is 35.5. The zero-order valence-electron chi connectivity index (χ0n) is 13.0. The first kappa shape index (κ1) is 16.4. The molecule has 0 heterocycles. The van der Waals surface area contributed by atoms with Crippen molar-refractivity contribution in [3.8, 4) is 0 Å². The predicted molar refractivity (Wildman–Crippen MR) is 93.3 cm³/mol. The van der Waals surface area contributed by atoms with Crippen molar-refractivity contribution in [1.82, 2.24) is 5.32 Å². The lowest BCUT2D eigenvalue weighted by Gasteiger charge is -2.22. The Balaban J connectivity index is 2.22. The number of rotatable bonds is 4. The molecule has 3 heteroatoms. The van der Waals surface area contributed by atoms with Crippen LogP contribution in [0.3, 0.4) is 0 Å². The molecule has 0 aromatic heterocycles. The molecule has 0 unspecified atom stereocenters. The van der Waals surface area contributed by atoms with Gasteiger partial charge in [0.25, 0.3) is 0 Å². The van der Waals surface area contributed by atoms with Crippen molar-refractivity contribution in [2.24, 2.45) is 0 Å². The van der Waals surface area contributed by atoms with Crippen LogP contribution in [-0.4, -0.2) is 5.54 Å². The summed E-state index contributed by atoms with van der Waals surface area (Å²) in [7, 11) is 0. The molecule has 0 bridgehead atoms. The maximum atomic E-state index is 6.07. The lowest BCUT2D eigenvalue weighted by atomic mass is 10.1. The minimum absolute atomic E-state index is 0.113. The van der Waals surface area contributed by atoms with Crippen LogP contribution in [0.1, 0.15) is 31.9 Å². The van der Waals surface area contributed by atoms with Crippen molar-refractivity contribution >= 4 is 23.4 Å². The number of hydrogen-bond donors (Lipinski definition) is 1. The average molecular weight is 320 g/mol. The SMILES string of the molecule is Cc1ccc(Sc2cccc(Cl)c2)c(CNC(C)(C)C)c1. The molecule has 21 heavy (non-hydrogen) atoms. The largest absolute Gasteiger partial charge is 0.308 e. The summed E-state index contributed by atoms with van der Waals surface area (Å²) in [6.07, 6.45) is 0. The van der Waals surface area contributed by atoms with Crippen LogP contribution in [0.5, 0.6) is 0 Å². The third-order valence-electron chi connectivity index (χ3n) is 3.05. The molecule has 0 radical (unpaired) electrons. The molecule has 2 aromatic rings. The molecule has 2 rings (SSSR count). The lowest BCUT2D eigenvalue weighted by molar-refractivity contribution is 0.422. The van der Waals surface area contributed by atoms with Crippen LogP contribution in [0.25, 0.3) is 0 Å². The Morgan fingerprint density at radius 3 is 2.52 bits per heavy atom. The van der Waals surface area contributed by atoms with Gasteiger partial charge in [-0.05, 0) is 57.5 Å². The quantitative estimate of drug-likeness (QED) is 0.777. The van der Waals surface area contributed by atoms with Gasteiger partial charge in [0.2, 0.25) is 0 Å². The predicted octanol–water partition coefficient (Wildman–Crippen LogP) is 5.69. The van der Waals surface area contributed by atoms with Crippen LogP contribution in [0, 0.1) is 6.92 Å². The van der Waals surface area contributed by atoms with E-state index in [-0.39, 0.29) is 5.54 Å². The Morgan fingerprint density at radius 2 is 1.86 bits per heavy atom. The van der Waals surface area contributed by atoms with Crippen LogP contribution < -0.4 is 5.32 Å². The summed E-state index contributed by atoms with van der Waals surface area (Å²) in [5.41, 5.74) is 2.73. The zero-order valence-corrected chi connectivity index (χ0v) is 14.6. The van der Waals surface area contributed by atoms with E-state index in [1.54, 1.807) is 11.8 Å². The first-order valence-corrected chi connectivity index (χ1v) is 8.31. The molecule has 0 aliphatic heterocycles. The van der Waals surface area contributed by atoms with Gasteiger partial charge in [-0.2, -0.15) is 0 Å². The fourth-order valence-electron chi connectivity index (χ4n) is 1.96. The van der Waals surface area contributed by atoms with Crippen molar-refractivity contribution in [3.05, 3.63) is 58.6 Å². The van der Waals surface area contributed by atoms with Gasteiger partial charge in [-0.1, -0.05) is 47.1 Å². The first-order valence-electron chi connectivity index (χ1n) is 7.11. The summed E-state index contributed by atoms with van der Waals surface area (Å²) in [5.74, 6) is 0. The first-order chi connectivity index (χ1) is 9.83. The highest BCUT2D eigenvalue weighted by molar-refractivity contribution is 7.99. The maximum Gasteiger partial charge on any atom is 0.0417 e. The second-order valence-corrected chi connectivity index (χ2v) is 7.83. The van der Waals surface area contributed by atoms with Crippen LogP contribution in [0.4, 0.5) is 0 Å². The normalized spacial score (nSPS) is 11.7. The van der Waals surface area contributed by atoms with E-state index in [9.17, 15) is 0 Å². The molecule has 0 aliphatic carbocycles. The summed E-state index contributed by atoms with van der Waals surface area (Å²) < 4.78 is 0. The number of benzene rings is 2. The Morgan fingerprint density at radius 1 is 1.10 bits per heavy atom. The molecule has 1 N–H and O–H groups in total. The number of nitrogens with one attached hydrogen (secondary N) is 1. The second-order valence-electron chi connectivity index (χ2n) is 6.27. The molecule has 0 saturated carbocycles. The van der Waals surface area contributed by atoms with Crippen molar-refractivity contribution < 1.29 is 0 Å². The van der Waals surface area contributed by atoms with E-state index in [1.165, 1.54) is 20.9 Å². The van der Waals surface area contributed by atoms with Gasteiger partial charge in [0, 0.05) is 26.9 Å². The standard InChI is InChI=1S/C18H22ClNS/c1-13-8-9-17(14(10-13)12-20-18(2,3)4)21-16-7-5-6-15(19)11-16/h5-11,20H,12H2,1-4H3. The number of hydrogen-bond acceptors (Lipinski definition) is 2. The van der Waals surface area contributed by atoms with Crippen LogP contribution >= 0.6 is 23.4 Å². The summed E-state index contributed by atoms with van der Waals surface area (Å²) >= 11 is 7.83. The summed E-state index contributed by atoms with van der Waals surface area (Å²) in [6, 6.07) is 14.6. The number of aryl methyl sites for hydroxylation is 1. The minimum atomic E-state index is 0.113. The highest BCUT2D eigenvalue weighted by Crippen LogP contribution is 2.32. The van der Waals surface area contributed by atoms with Crippen LogP contribution in [-0.2, 0) is 6.54 Å². The van der Waals surface area contributed by atoms with Gasteiger partial charge in [-0.15, -0.1) is 0 Å². The Bertz CT molecular complexity index is 617. The summed E-state index contributed by atoms with van der Waals surface area (Å²) in [5, 5.41) is 4.34. The molecule has 1 nitrogen and oxygen atoms in total. The van der Waals surface area contributed by atoms with Gasteiger partial charge in [-0.3, -0.25) is 0 Å². The molecule has 0 fully saturated rings. The molecular formula is C18H22ClNS. The van der Waals surface area contributed by atoms with Gasteiger partial charge in [0.15, 0.2) is 0 Å². The molecule has 112 valence electrons. The third kappa shape index (κ3) is 5.39. The Labute approximate surface area is 137 Å². The Kier molecular flexibility index (Phi) is 5.37. The van der Waals surface area contributed by atoms with Crippen molar-refractivity contribution in [1.29, 1.82) is 0 Å². The van der Waals surface area contributed by atoms with Crippen molar-refractivity contribution in [2.75, 3.05) is 0 Å². The smallest absolute Gasteiger partial charge is 0.0417 e. The fraction of sp³-hybridized carbons (Fsp3) is 0.333. The van der Waals surface area contributed by atoms with Gasteiger partial charge >= 0.3 is 0 Å². The van der Waals surface area contributed by atoms with E-state index < -0.39 is 0 Å². The van der Waals surface area contributed by atoms with Crippen LogP contribution in [0.15, 0.2) is 52.3 Å². The topological polar surface area (TPSA) is 12.0 Å². The van der Waals surface area contributed by atoms with Gasteiger partial charge in [-0.25, -0.2) is 0 Å². The van der Waals surface area contributed by atoms with Gasteiger partial charge in [0.1, 0.15) is 0 Å². The second kappa shape index (κ2) is 6.87. The zero-order chi connectivity index (χ0) is 15.5. The van der Waals surface area contributed by atoms with E-state index in [4.69, 9.17) is 11.6 Å². The van der Waals surface area contributed by atoms with Gasteiger partial charge in [0.05, 0.1) is 0 Å². The van der Waals surface area contributed by atoms with Crippen molar-refractivity contribution in [2.45, 2.75) is 49.6 Å². The van der Waals surface area contributed by atoms with Crippen molar-refractivity contribution in [3.63, 3.8) is 0 Å². The lowest BCUT2D eigenvalue weighted by Crippen LogP contribution is -2.35.